The second-order valence-corrected chi connectivity index (χ2v) is 4.23. The fourth-order valence-electron chi connectivity index (χ4n) is 1.19. The smallest absolute Gasteiger partial charge is 0.239 e. The van der Waals surface area contributed by atoms with Gasteiger partial charge in [-0.15, -0.1) is 0 Å². The van der Waals surface area contributed by atoms with Crippen molar-refractivity contribution in [1.82, 2.24) is 9.97 Å². The van der Waals surface area contributed by atoms with Gasteiger partial charge in [0.1, 0.15) is 0 Å². The Labute approximate surface area is 94.8 Å². The Balaban J connectivity index is 3.11. The van der Waals surface area contributed by atoms with Crippen LogP contribution in [0.5, 0.6) is 0 Å². The highest BCUT2D eigenvalue weighted by atomic mass is 19.1. The Bertz CT molecular complexity index is 366. The lowest BCUT2D eigenvalue weighted by atomic mass is 10.00. The zero-order valence-corrected chi connectivity index (χ0v) is 10.1. The van der Waals surface area contributed by atoms with Crippen molar-refractivity contribution in [2.45, 2.75) is 32.7 Å². The highest BCUT2D eigenvalue weighted by Crippen LogP contribution is 2.25. The summed E-state index contributed by atoms with van der Waals surface area (Å²) in [6.45, 7) is 6.08. The van der Waals surface area contributed by atoms with E-state index in [4.69, 9.17) is 5.84 Å². The van der Waals surface area contributed by atoms with Gasteiger partial charge in [0.05, 0.1) is 6.20 Å². The van der Waals surface area contributed by atoms with Gasteiger partial charge in [-0.3, -0.25) is 5.43 Å². The highest BCUT2D eigenvalue weighted by molar-refractivity contribution is 5.45. The first-order valence-electron chi connectivity index (χ1n) is 5.15. The van der Waals surface area contributed by atoms with Gasteiger partial charge in [0.15, 0.2) is 11.6 Å². The molecule has 0 aromatic carbocycles. The number of hydrazine groups is 1. The summed E-state index contributed by atoms with van der Waals surface area (Å²) in [7, 11) is 1.80. The Morgan fingerprint density at radius 2 is 2.19 bits per heavy atom. The number of hydrogen-bond donors (Lipinski definition) is 2. The molecule has 0 fully saturated rings. The van der Waals surface area contributed by atoms with E-state index in [0.29, 0.717) is 0 Å². The molecule has 0 radical (unpaired) electrons. The molecule has 1 aromatic rings. The number of halogens is 1. The van der Waals surface area contributed by atoms with Crippen molar-refractivity contribution in [3.05, 3.63) is 12.0 Å². The average molecular weight is 227 g/mol. The Hall–Kier alpha value is -1.43. The van der Waals surface area contributed by atoms with Gasteiger partial charge in [-0.2, -0.15) is 4.98 Å². The van der Waals surface area contributed by atoms with Gasteiger partial charge in [0.25, 0.3) is 0 Å². The van der Waals surface area contributed by atoms with Crippen LogP contribution in [0.1, 0.15) is 27.2 Å². The van der Waals surface area contributed by atoms with Crippen LogP contribution in [-0.2, 0) is 0 Å². The third kappa shape index (κ3) is 2.38. The number of nitrogens with two attached hydrogens (primary N) is 1. The first-order valence-corrected chi connectivity index (χ1v) is 5.15. The van der Waals surface area contributed by atoms with Crippen LogP contribution in [-0.4, -0.2) is 22.6 Å². The van der Waals surface area contributed by atoms with Gasteiger partial charge in [-0.05, 0) is 20.3 Å². The monoisotopic (exact) mass is 227 g/mol. The second-order valence-electron chi connectivity index (χ2n) is 4.23. The summed E-state index contributed by atoms with van der Waals surface area (Å²) in [5.41, 5.74) is 2.12. The van der Waals surface area contributed by atoms with E-state index in [0.717, 1.165) is 12.6 Å². The molecule has 0 saturated carbocycles. The maximum atomic E-state index is 13.6. The summed E-state index contributed by atoms with van der Waals surface area (Å²) in [6, 6.07) is 0. The van der Waals surface area contributed by atoms with E-state index in [2.05, 4.69) is 15.4 Å². The largest absolute Gasteiger partial charge is 0.352 e. The molecule has 6 heteroatoms. The van der Waals surface area contributed by atoms with Crippen molar-refractivity contribution in [1.29, 1.82) is 0 Å². The molecule has 0 aliphatic carbocycles. The molecule has 5 nitrogen and oxygen atoms in total. The minimum Gasteiger partial charge on any atom is -0.352 e. The number of anilines is 2. The van der Waals surface area contributed by atoms with Gasteiger partial charge >= 0.3 is 0 Å². The number of rotatable bonds is 4. The molecule has 1 rings (SSSR count). The molecule has 0 atom stereocenters. The van der Waals surface area contributed by atoms with E-state index < -0.39 is 5.82 Å². The predicted octanol–water partition coefficient (Wildman–Crippen LogP) is 1.53. The minimum atomic E-state index is -0.456. The Morgan fingerprint density at radius 1 is 1.56 bits per heavy atom. The molecule has 0 unspecified atom stereocenters. The molecule has 90 valence electrons. The lowest BCUT2D eigenvalue weighted by molar-refractivity contribution is 0.457. The van der Waals surface area contributed by atoms with Gasteiger partial charge in [-0.1, -0.05) is 6.92 Å². The van der Waals surface area contributed by atoms with Crippen LogP contribution in [0.4, 0.5) is 16.2 Å². The number of nitrogens with zero attached hydrogens (tertiary/aromatic N) is 3. The molecule has 0 spiro atoms. The highest BCUT2D eigenvalue weighted by Gasteiger charge is 2.25. The Kier molecular flexibility index (Phi) is 3.64. The SMILES string of the molecule is CCC(C)(C)N(C)c1nc(NN)ncc1F. The molecule has 0 aliphatic heterocycles. The van der Waals surface area contributed by atoms with Crippen molar-refractivity contribution in [2.75, 3.05) is 17.4 Å². The second kappa shape index (κ2) is 4.61. The van der Waals surface area contributed by atoms with Gasteiger partial charge in [0.2, 0.25) is 5.95 Å². The van der Waals surface area contributed by atoms with Crippen LogP contribution in [0.2, 0.25) is 0 Å². The minimum absolute atomic E-state index is 0.180. The van der Waals surface area contributed by atoms with Gasteiger partial charge < -0.3 is 4.90 Å². The van der Waals surface area contributed by atoms with Crippen molar-refractivity contribution in [3.63, 3.8) is 0 Å². The molecule has 3 N–H and O–H groups in total. The van der Waals surface area contributed by atoms with E-state index in [1.165, 1.54) is 0 Å². The standard InChI is InChI=1S/C10H18FN5/c1-5-10(2,3)16(4)8-7(11)6-13-9(14-8)15-12/h6H,5,12H2,1-4H3,(H,13,14,15). The number of aromatic nitrogens is 2. The molecule has 0 amide bonds. The number of nitrogen functional groups attached to an aromatic ring is 1. The quantitative estimate of drug-likeness (QED) is 0.603. The predicted molar refractivity (Wildman–Crippen MR) is 62.6 cm³/mol. The number of nitrogens with one attached hydrogen (secondary N) is 1. The van der Waals surface area contributed by atoms with Crippen LogP contribution in [0.3, 0.4) is 0 Å². The van der Waals surface area contributed by atoms with Gasteiger partial charge in [0, 0.05) is 12.6 Å². The molecule has 0 saturated heterocycles. The molecular formula is C10H18FN5. The fraction of sp³-hybridized carbons (Fsp3) is 0.600. The molecule has 1 aromatic heterocycles. The third-order valence-corrected chi connectivity index (χ3v) is 2.95. The molecule has 0 aliphatic rings. The van der Waals surface area contributed by atoms with Gasteiger partial charge in [-0.25, -0.2) is 15.2 Å². The summed E-state index contributed by atoms with van der Waals surface area (Å²) in [6.07, 6.45) is 1.98. The van der Waals surface area contributed by atoms with E-state index in [9.17, 15) is 4.39 Å². The van der Waals surface area contributed by atoms with E-state index in [1.54, 1.807) is 11.9 Å². The zero-order valence-electron chi connectivity index (χ0n) is 10.1. The average Bonchev–Trinajstić information content (AvgIpc) is 2.29. The lowest BCUT2D eigenvalue weighted by Crippen LogP contribution is -2.41. The summed E-state index contributed by atoms with van der Waals surface area (Å²) >= 11 is 0. The van der Waals surface area contributed by atoms with Crippen LogP contribution in [0.15, 0.2) is 6.20 Å². The van der Waals surface area contributed by atoms with E-state index >= 15 is 0 Å². The third-order valence-electron chi connectivity index (χ3n) is 2.95. The number of hydrogen-bond acceptors (Lipinski definition) is 5. The van der Waals surface area contributed by atoms with E-state index in [1.807, 2.05) is 20.8 Å². The maximum absolute atomic E-state index is 13.6. The molecular weight excluding hydrogens is 209 g/mol. The first-order chi connectivity index (χ1) is 7.42. The summed E-state index contributed by atoms with van der Waals surface area (Å²) in [5, 5.41) is 0. The normalized spacial score (nSPS) is 11.4. The van der Waals surface area contributed by atoms with Crippen molar-refractivity contribution in [3.8, 4) is 0 Å². The van der Waals surface area contributed by atoms with Crippen molar-refractivity contribution >= 4 is 11.8 Å². The van der Waals surface area contributed by atoms with Crippen molar-refractivity contribution < 1.29 is 4.39 Å². The maximum Gasteiger partial charge on any atom is 0.239 e. The van der Waals surface area contributed by atoms with Crippen LogP contribution >= 0.6 is 0 Å². The summed E-state index contributed by atoms with van der Waals surface area (Å²) < 4.78 is 13.6. The van der Waals surface area contributed by atoms with Crippen LogP contribution in [0, 0.1) is 5.82 Å². The lowest BCUT2D eigenvalue weighted by Gasteiger charge is -2.35. The molecule has 16 heavy (non-hydrogen) atoms. The van der Waals surface area contributed by atoms with Crippen LogP contribution < -0.4 is 16.2 Å². The van der Waals surface area contributed by atoms with Crippen molar-refractivity contribution in [2.24, 2.45) is 5.84 Å². The zero-order chi connectivity index (χ0) is 12.3. The topological polar surface area (TPSA) is 67.1 Å². The molecule has 1 heterocycles. The van der Waals surface area contributed by atoms with E-state index in [-0.39, 0.29) is 17.3 Å². The van der Waals surface area contributed by atoms with Crippen LogP contribution in [0.25, 0.3) is 0 Å². The Morgan fingerprint density at radius 3 is 2.69 bits per heavy atom. The first kappa shape index (κ1) is 12.6. The molecule has 0 bridgehead atoms. The fourth-order valence-corrected chi connectivity index (χ4v) is 1.19. The summed E-state index contributed by atoms with van der Waals surface area (Å²) in [4.78, 5) is 9.49. The summed E-state index contributed by atoms with van der Waals surface area (Å²) in [5.74, 6) is 5.19.